The summed E-state index contributed by atoms with van der Waals surface area (Å²) in [5.41, 5.74) is 4.64. The summed E-state index contributed by atoms with van der Waals surface area (Å²) in [5.74, 6) is 0. The second-order valence-electron chi connectivity index (χ2n) is 3.17. The molecule has 16 heavy (non-hydrogen) atoms. The van der Waals surface area contributed by atoms with E-state index in [2.05, 4.69) is 5.32 Å². The number of benzene rings is 1. The number of aldehydes is 1. The molecule has 0 aliphatic heterocycles. The summed E-state index contributed by atoms with van der Waals surface area (Å²) in [6.07, 6.45) is -4.18. The minimum atomic E-state index is -4.49. The maximum Gasteiger partial charge on any atom is 0.416 e. The fraction of sp³-hybridized carbons (Fsp3) is 0.300. The number of hydrogen-bond donors (Lipinski definition) is 2. The Morgan fingerprint density at radius 3 is 2.50 bits per heavy atom. The van der Waals surface area contributed by atoms with E-state index in [1.807, 2.05) is 0 Å². The van der Waals surface area contributed by atoms with Gasteiger partial charge in [-0.05, 0) is 19.1 Å². The Balaban J connectivity index is 3.34. The van der Waals surface area contributed by atoms with Gasteiger partial charge in [0.1, 0.15) is 0 Å². The Morgan fingerprint density at radius 1 is 1.44 bits per heavy atom. The highest BCUT2D eigenvalue weighted by Crippen LogP contribution is 2.34. The zero-order valence-corrected chi connectivity index (χ0v) is 8.56. The number of anilines is 2. The van der Waals surface area contributed by atoms with Gasteiger partial charge >= 0.3 is 6.18 Å². The first-order chi connectivity index (χ1) is 7.40. The molecule has 1 aromatic carbocycles. The van der Waals surface area contributed by atoms with Crippen LogP contribution in [0.25, 0.3) is 0 Å². The first-order valence-electron chi connectivity index (χ1n) is 4.60. The summed E-state index contributed by atoms with van der Waals surface area (Å²) in [7, 11) is 0. The van der Waals surface area contributed by atoms with Crippen LogP contribution in [0.3, 0.4) is 0 Å². The third kappa shape index (κ3) is 2.44. The Morgan fingerprint density at radius 2 is 2.06 bits per heavy atom. The zero-order valence-electron chi connectivity index (χ0n) is 8.56. The van der Waals surface area contributed by atoms with Crippen LogP contribution in [-0.4, -0.2) is 12.8 Å². The molecule has 0 fully saturated rings. The normalized spacial score (nSPS) is 11.2. The van der Waals surface area contributed by atoms with Crippen molar-refractivity contribution >= 4 is 17.7 Å². The minimum absolute atomic E-state index is 0.0323. The molecule has 3 nitrogen and oxygen atoms in total. The van der Waals surface area contributed by atoms with E-state index >= 15 is 0 Å². The second kappa shape index (κ2) is 4.42. The van der Waals surface area contributed by atoms with Gasteiger partial charge in [0.15, 0.2) is 6.29 Å². The number of nitrogen functional groups attached to an aromatic ring is 1. The summed E-state index contributed by atoms with van der Waals surface area (Å²) in [4.78, 5) is 10.6. The number of nitrogens with one attached hydrogen (secondary N) is 1. The molecule has 0 saturated carbocycles. The van der Waals surface area contributed by atoms with Gasteiger partial charge < -0.3 is 11.1 Å². The molecule has 0 spiro atoms. The summed E-state index contributed by atoms with van der Waals surface area (Å²) >= 11 is 0. The van der Waals surface area contributed by atoms with Crippen LogP contribution in [0.15, 0.2) is 12.1 Å². The molecule has 0 aliphatic carbocycles. The van der Waals surface area contributed by atoms with E-state index < -0.39 is 11.7 Å². The molecule has 3 N–H and O–H groups in total. The molecule has 0 atom stereocenters. The lowest BCUT2D eigenvalue weighted by molar-refractivity contribution is -0.137. The number of carbonyl (C=O) groups is 1. The molecule has 0 bridgehead atoms. The van der Waals surface area contributed by atoms with E-state index in [1.165, 1.54) is 0 Å². The van der Waals surface area contributed by atoms with Crippen molar-refractivity contribution in [3.05, 3.63) is 23.3 Å². The highest BCUT2D eigenvalue weighted by molar-refractivity contribution is 5.89. The number of hydrogen-bond acceptors (Lipinski definition) is 3. The average molecular weight is 232 g/mol. The van der Waals surface area contributed by atoms with Crippen LogP contribution in [0.1, 0.15) is 22.8 Å². The van der Waals surface area contributed by atoms with Gasteiger partial charge in [-0.3, -0.25) is 4.79 Å². The lowest BCUT2D eigenvalue weighted by Gasteiger charge is -2.13. The highest BCUT2D eigenvalue weighted by atomic mass is 19.4. The molecule has 0 aliphatic rings. The minimum Gasteiger partial charge on any atom is -0.396 e. The second-order valence-corrected chi connectivity index (χ2v) is 3.17. The Kier molecular flexibility index (Phi) is 3.41. The van der Waals surface area contributed by atoms with Gasteiger partial charge in [-0.15, -0.1) is 0 Å². The van der Waals surface area contributed by atoms with Crippen molar-refractivity contribution in [1.29, 1.82) is 0 Å². The van der Waals surface area contributed by atoms with Gasteiger partial charge in [0.2, 0.25) is 0 Å². The highest BCUT2D eigenvalue weighted by Gasteiger charge is 2.31. The predicted octanol–water partition coefficient (Wildman–Crippen LogP) is 2.53. The van der Waals surface area contributed by atoms with E-state index in [0.29, 0.717) is 12.8 Å². The third-order valence-corrected chi connectivity index (χ3v) is 2.03. The molecule has 0 amide bonds. The van der Waals surface area contributed by atoms with Gasteiger partial charge in [0.25, 0.3) is 0 Å². The average Bonchev–Trinajstić information content (AvgIpc) is 2.19. The third-order valence-electron chi connectivity index (χ3n) is 2.03. The molecule has 0 radical (unpaired) electrons. The van der Waals surface area contributed by atoms with Crippen molar-refractivity contribution in [2.45, 2.75) is 13.1 Å². The van der Waals surface area contributed by atoms with Crippen molar-refractivity contribution in [2.75, 3.05) is 17.6 Å². The monoisotopic (exact) mass is 232 g/mol. The van der Waals surface area contributed by atoms with E-state index in [0.717, 1.165) is 12.1 Å². The molecular formula is C10H11F3N2O. The summed E-state index contributed by atoms with van der Waals surface area (Å²) in [5, 5.41) is 2.68. The molecule has 0 unspecified atom stereocenters. The van der Waals surface area contributed by atoms with Gasteiger partial charge in [-0.1, -0.05) is 0 Å². The van der Waals surface area contributed by atoms with Crippen molar-refractivity contribution in [2.24, 2.45) is 0 Å². The van der Waals surface area contributed by atoms with Gasteiger partial charge in [-0.2, -0.15) is 13.2 Å². The van der Waals surface area contributed by atoms with Crippen LogP contribution >= 0.6 is 0 Å². The fourth-order valence-corrected chi connectivity index (χ4v) is 1.27. The van der Waals surface area contributed by atoms with E-state index in [9.17, 15) is 18.0 Å². The molecule has 1 aromatic rings. The first kappa shape index (κ1) is 12.4. The molecule has 6 heteroatoms. The predicted molar refractivity (Wildman–Crippen MR) is 55.4 cm³/mol. The number of carbonyl (C=O) groups excluding carboxylic acids is 1. The van der Waals surface area contributed by atoms with E-state index in [-0.39, 0.29) is 16.9 Å². The number of nitrogens with two attached hydrogens (primary N) is 1. The van der Waals surface area contributed by atoms with Crippen LogP contribution in [-0.2, 0) is 6.18 Å². The number of rotatable bonds is 3. The smallest absolute Gasteiger partial charge is 0.396 e. The topological polar surface area (TPSA) is 55.1 Å². The lowest BCUT2D eigenvalue weighted by Crippen LogP contribution is -2.10. The van der Waals surface area contributed by atoms with Crippen LogP contribution in [0.5, 0.6) is 0 Å². The quantitative estimate of drug-likeness (QED) is 0.622. The Labute approximate surface area is 90.4 Å². The SMILES string of the molecule is CCNc1cc(C(F)(F)F)cc(C=O)c1N. The maximum absolute atomic E-state index is 12.5. The van der Waals surface area contributed by atoms with Crippen LogP contribution in [0.4, 0.5) is 24.5 Å². The van der Waals surface area contributed by atoms with Crippen LogP contribution in [0, 0.1) is 0 Å². The number of halogens is 3. The first-order valence-corrected chi connectivity index (χ1v) is 4.60. The fourth-order valence-electron chi connectivity index (χ4n) is 1.27. The van der Waals surface area contributed by atoms with Gasteiger partial charge in [0, 0.05) is 12.1 Å². The summed E-state index contributed by atoms with van der Waals surface area (Å²) in [6.45, 7) is 2.14. The summed E-state index contributed by atoms with van der Waals surface area (Å²) < 4.78 is 37.4. The standard InChI is InChI=1S/C10H11F3N2O/c1-2-15-8-4-7(10(11,12)13)3-6(5-16)9(8)14/h3-5,15H,2,14H2,1H3. The van der Waals surface area contributed by atoms with Crippen molar-refractivity contribution in [1.82, 2.24) is 0 Å². The lowest BCUT2D eigenvalue weighted by atomic mass is 10.1. The maximum atomic E-state index is 12.5. The molecule has 0 aromatic heterocycles. The largest absolute Gasteiger partial charge is 0.416 e. The number of alkyl halides is 3. The molecule has 0 heterocycles. The Hall–Kier alpha value is -1.72. The van der Waals surface area contributed by atoms with Gasteiger partial charge in [-0.25, -0.2) is 0 Å². The summed E-state index contributed by atoms with van der Waals surface area (Å²) in [6, 6.07) is 1.63. The van der Waals surface area contributed by atoms with E-state index in [1.54, 1.807) is 6.92 Å². The molecular weight excluding hydrogens is 221 g/mol. The molecule has 88 valence electrons. The van der Waals surface area contributed by atoms with Crippen molar-refractivity contribution in [3.8, 4) is 0 Å². The van der Waals surface area contributed by atoms with Crippen molar-refractivity contribution < 1.29 is 18.0 Å². The van der Waals surface area contributed by atoms with Crippen LogP contribution in [0.2, 0.25) is 0 Å². The van der Waals surface area contributed by atoms with E-state index in [4.69, 9.17) is 5.73 Å². The van der Waals surface area contributed by atoms with Crippen LogP contribution < -0.4 is 11.1 Å². The zero-order chi connectivity index (χ0) is 12.3. The molecule has 1 rings (SSSR count). The molecule has 0 saturated heterocycles. The Bertz CT molecular complexity index is 402. The van der Waals surface area contributed by atoms with Gasteiger partial charge in [0.05, 0.1) is 16.9 Å². The van der Waals surface area contributed by atoms with Crippen molar-refractivity contribution in [3.63, 3.8) is 0 Å².